The molecule has 0 atom stereocenters. The van der Waals surface area contributed by atoms with E-state index >= 15 is 0 Å². The molecule has 1 N–H and O–H groups in total. The van der Waals surface area contributed by atoms with Crippen LogP contribution in [0.5, 0.6) is 17.4 Å². The maximum atomic E-state index is 12.4. The molecule has 4 rings (SSSR count). The number of aliphatic imine (C=N–C) groups is 1. The summed E-state index contributed by atoms with van der Waals surface area (Å²) in [6.45, 7) is 2.23. The number of carbonyl (C=O) groups excluding carboxylic acids is 1. The molecule has 1 aliphatic heterocycles. The summed E-state index contributed by atoms with van der Waals surface area (Å²) in [5, 5.41) is 14.1. The van der Waals surface area contributed by atoms with Crippen molar-refractivity contribution in [3.05, 3.63) is 87.4 Å². The molecule has 0 saturated carbocycles. The van der Waals surface area contributed by atoms with Crippen LogP contribution in [0.2, 0.25) is 0 Å². The molecule has 1 amide bonds. The van der Waals surface area contributed by atoms with E-state index in [1.807, 2.05) is 37.3 Å². The summed E-state index contributed by atoms with van der Waals surface area (Å²) in [5.74, 6) is 0.812. The molecule has 9 nitrogen and oxygen atoms in total. The van der Waals surface area contributed by atoms with Gasteiger partial charge in [-0.15, -0.1) is 0 Å². The molecule has 3 aromatic rings. The van der Waals surface area contributed by atoms with Crippen LogP contribution in [-0.4, -0.2) is 27.6 Å². The van der Waals surface area contributed by atoms with Crippen molar-refractivity contribution in [1.82, 2.24) is 10.3 Å². The first-order chi connectivity index (χ1) is 16.0. The minimum absolute atomic E-state index is 0.128. The molecule has 0 radical (unpaired) electrons. The van der Waals surface area contributed by atoms with E-state index < -0.39 is 4.92 Å². The number of carbonyl (C=O) groups is 1. The van der Waals surface area contributed by atoms with E-state index in [1.54, 1.807) is 24.3 Å². The normalized spacial score (nSPS) is 15.5. The van der Waals surface area contributed by atoms with Crippen LogP contribution in [0.1, 0.15) is 12.5 Å². The predicted molar refractivity (Wildman–Crippen MR) is 126 cm³/mol. The molecule has 33 heavy (non-hydrogen) atoms. The van der Waals surface area contributed by atoms with Gasteiger partial charge in [0.15, 0.2) is 16.7 Å². The molecule has 0 bridgehead atoms. The van der Waals surface area contributed by atoms with Crippen LogP contribution in [0, 0.1) is 10.1 Å². The highest BCUT2D eigenvalue weighted by atomic mass is 32.2. The van der Waals surface area contributed by atoms with E-state index in [9.17, 15) is 14.9 Å². The Labute approximate surface area is 193 Å². The first-order valence-electron chi connectivity index (χ1n) is 9.91. The van der Waals surface area contributed by atoms with E-state index in [0.717, 1.165) is 17.4 Å². The third kappa shape index (κ3) is 5.55. The van der Waals surface area contributed by atoms with Crippen molar-refractivity contribution in [2.45, 2.75) is 6.92 Å². The highest BCUT2D eigenvalue weighted by molar-refractivity contribution is 8.18. The number of aromatic nitrogens is 1. The number of amides is 1. The van der Waals surface area contributed by atoms with Crippen LogP contribution in [0.25, 0.3) is 6.08 Å². The molecule has 1 fully saturated rings. The Bertz CT molecular complexity index is 1240. The number of nitrogens with one attached hydrogen (secondary N) is 1. The Balaban J connectivity index is 1.54. The highest BCUT2D eigenvalue weighted by Gasteiger charge is 2.24. The van der Waals surface area contributed by atoms with Gasteiger partial charge in [0, 0.05) is 12.1 Å². The number of benzene rings is 2. The Morgan fingerprint density at radius 3 is 2.67 bits per heavy atom. The van der Waals surface area contributed by atoms with Crippen LogP contribution in [-0.2, 0) is 4.79 Å². The average Bonchev–Trinajstić information content (AvgIpc) is 3.15. The minimum Gasteiger partial charge on any atom is -0.490 e. The maximum absolute atomic E-state index is 12.4. The van der Waals surface area contributed by atoms with Crippen molar-refractivity contribution in [1.29, 1.82) is 0 Å². The number of pyridine rings is 1. The zero-order valence-electron chi connectivity index (χ0n) is 17.4. The summed E-state index contributed by atoms with van der Waals surface area (Å²) in [4.78, 5) is 31.5. The summed E-state index contributed by atoms with van der Waals surface area (Å²) in [5.41, 5.74) is 1.36. The lowest BCUT2D eigenvalue weighted by Gasteiger charge is -2.11. The third-order valence-corrected chi connectivity index (χ3v) is 5.26. The van der Waals surface area contributed by atoms with Crippen molar-refractivity contribution in [2.24, 2.45) is 4.99 Å². The fraction of sp³-hybridized carbons (Fsp3) is 0.0870. The number of ether oxygens (including phenoxy) is 2. The van der Waals surface area contributed by atoms with Gasteiger partial charge in [0.25, 0.3) is 11.6 Å². The van der Waals surface area contributed by atoms with E-state index in [0.29, 0.717) is 28.2 Å². The van der Waals surface area contributed by atoms with Gasteiger partial charge in [0.05, 0.1) is 22.1 Å². The van der Waals surface area contributed by atoms with Crippen molar-refractivity contribution in [2.75, 3.05) is 6.61 Å². The van der Waals surface area contributed by atoms with Gasteiger partial charge in [-0.1, -0.05) is 24.3 Å². The fourth-order valence-electron chi connectivity index (χ4n) is 2.87. The summed E-state index contributed by atoms with van der Waals surface area (Å²) in [6.07, 6.45) is 2.86. The number of para-hydroxylation sites is 1. The molecule has 0 spiro atoms. The number of rotatable bonds is 7. The lowest BCUT2D eigenvalue weighted by atomic mass is 10.2. The first-order valence-corrected chi connectivity index (χ1v) is 10.7. The first kappa shape index (κ1) is 22.0. The van der Waals surface area contributed by atoms with Crippen LogP contribution < -0.4 is 14.8 Å². The topological polar surface area (TPSA) is 116 Å². The molecule has 166 valence electrons. The molecule has 0 unspecified atom stereocenters. The minimum atomic E-state index is -0.530. The molecule has 10 heteroatoms. The molecule has 0 aliphatic carbocycles. The van der Waals surface area contributed by atoms with Crippen LogP contribution >= 0.6 is 11.8 Å². The van der Waals surface area contributed by atoms with Gasteiger partial charge in [0.2, 0.25) is 5.88 Å². The predicted octanol–water partition coefficient (Wildman–Crippen LogP) is 5.07. The SMILES string of the molecule is CCOc1cc(/C=C2/SC(=Nc3ccccc3)NC2=O)ccc1Oc1ccc([N+](=O)[O-])cn1. The number of nitrogens with zero attached hydrogens (tertiary/aromatic N) is 3. The Hall–Kier alpha value is -4.18. The number of hydrogen-bond acceptors (Lipinski definition) is 8. The van der Waals surface area contributed by atoms with Crippen LogP contribution in [0.3, 0.4) is 0 Å². The van der Waals surface area contributed by atoms with Gasteiger partial charge in [-0.3, -0.25) is 14.9 Å². The van der Waals surface area contributed by atoms with E-state index in [2.05, 4.69) is 15.3 Å². The average molecular weight is 462 g/mol. The molecule has 1 aliphatic rings. The Morgan fingerprint density at radius 2 is 1.97 bits per heavy atom. The molecule has 2 aromatic carbocycles. The molecular formula is C23H18N4O5S. The van der Waals surface area contributed by atoms with Gasteiger partial charge in [-0.25, -0.2) is 9.98 Å². The lowest BCUT2D eigenvalue weighted by molar-refractivity contribution is -0.385. The lowest BCUT2D eigenvalue weighted by Crippen LogP contribution is -2.19. The monoisotopic (exact) mass is 462 g/mol. The van der Waals surface area contributed by atoms with Crippen molar-refractivity contribution in [3.63, 3.8) is 0 Å². The Kier molecular flexibility index (Phi) is 6.65. The highest BCUT2D eigenvalue weighted by Crippen LogP contribution is 2.34. The van der Waals surface area contributed by atoms with Crippen molar-refractivity contribution in [3.8, 4) is 17.4 Å². The summed E-state index contributed by atoms with van der Waals surface area (Å²) < 4.78 is 11.4. The van der Waals surface area contributed by atoms with Gasteiger partial charge >= 0.3 is 0 Å². The number of nitro groups is 1. The van der Waals surface area contributed by atoms with Crippen molar-refractivity contribution >= 4 is 40.3 Å². The Morgan fingerprint density at radius 1 is 1.15 bits per heavy atom. The fourth-order valence-corrected chi connectivity index (χ4v) is 3.71. The molecular weight excluding hydrogens is 444 g/mol. The summed E-state index contributed by atoms with van der Waals surface area (Å²) in [7, 11) is 0. The zero-order valence-corrected chi connectivity index (χ0v) is 18.2. The second kappa shape index (κ2) is 9.96. The largest absolute Gasteiger partial charge is 0.490 e. The quantitative estimate of drug-likeness (QED) is 0.296. The number of thioether (sulfide) groups is 1. The standard InChI is InChI=1S/C23H18N4O5S/c1-2-31-19-12-15(8-10-18(19)32-21-11-9-17(14-24-21)27(29)30)13-20-22(28)26-23(33-20)25-16-6-4-3-5-7-16/h3-14H,2H2,1H3,(H,25,26,28)/b20-13+. The summed E-state index contributed by atoms with van der Waals surface area (Å²) in [6, 6.07) is 17.3. The van der Waals surface area contributed by atoms with E-state index in [4.69, 9.17) is 9.47 Å². The third-order valence-electron chi connectivity index (χ3n) is 4.35. The van der Waals surface area contributed by atoms with Crippen LogP contribution in [0.15, 0.2) is 76.8 Å². The second-order valence-electron chi connectivity index (χ2n) is 6.67. The van der Waals surface area contributed by atoms with Crippen LogP contribution in [0.4, 0.5) is 11.4 Å². The van der Waals surface area contributed by atoms with E-state index in [1.165, 1.54) is 23.9 Å². The van der Waals surface area contributed by atoms with Gasteiger partial charge in [0.1, 0.15) is 6.20 Å². The zero-order chi connectivity index (χ0) is 23.2. The van der Waals surface area contributed by atoms with Gasteiger partial charge in [-0.05, 0) is 54.6 Å². The van der Waals surface area contributed by atoms with Gasteiger partial charge < -0.3 is 14.8 Å². The second-order valence-corrected chi connectivity index (χ2v) is 7.70. The van der Waals surface area contributed by atoms with Crippen molar-refractivity contribution < 1.29 is 19.2 Å². The smallest absolute Gasteiger partial charge is 0.287 e. The summed E-state index contributed by atoms with van der Waals surface area (Å²) >= 11 is 1.25. The van der Waals surface area contributed by atoms with E-state index in [-0.39, 0.29) is 17.5 Å². The van der Waals surface area contributed by atoms with Gasteiger partial charge in [-0.2, -0.15) is 0 Å². The molecule has 1 aromatic heterocycles. The maximum Gasteiger partial charge on any atom is 0.287 e. The molecule has 2 heterocycles. The number of hydrogen-bond donors (Lipinski definition) is 1. The molecule has 1 saturated heterocycles. The number of amidine groups is 1.